The maximum Gasteiger partial charge on any atom is 0.233 e. The largest absolute Gasteiger partial charge is 0.378 e. The number of rotatable bonds is 2. The molecule has 124 valence electrons. The molecule has 7 heteroatoms. The summed E-state index contributed by atoms with van der Waals surface area (Å²) in [5, 5.41) is 0.420. The van der Waals surface area contributed by atoms with Crippen molar-refractivity contribution in [2.24, 2.45) is 0 Å². The van der Waals surface area contributed by atoms with Crippen LogP contribution in [0, 0.1) is 0 Å². The lowest BCUT2D eigenvalue weighted by Crippen LogP contribution is -2.40. The van der Waals surface area contributed by atoms with Crippen molar-refractivity contribution in [1.29, 1.82) is 0 Å². The number of aromatic nitrogens is 2. The minimum Gasteiger partial charge on any atom is -0.378 e. The monoisotopic (exact) mass is 336 g/mol. The minimum absolute atomic E-state index is 0.113. The van der Waals surface area contributed by atoms with E-state index in [1.807, 2.05) is 4.90 Å². The zero-order valence-electron chi connectivity index (χ0n) is 13.1. The van der Waals surface area contributed by atoms with Gasteiger partial charge in [0.25, 0.3) is 0 Å². The summed E-state index contributed by atoms with van der Waals surface area (Å²) in [6.07, 6.45) is 6.06. The predicted molar refractivity (Wildman–Crippen MR) is 88.1 cm³/mol. The molecule has 0 atom stereocenters. The number of nitrogens with zero attached hydrogens (tertiary/aromatic N) is 4. The zero-order chi connectivity index (χ0) is 15.8. The standard InChI is InChI=1S/C16H21ClN4O2/c17-14-12-10-13(22)21(11-4-2-1-3-5-11)15(12)19-16(18-14)20-6-8-23-9-7-20/h11H,1-10H2. The summed E-state index contributed by atoms with van der Waals surface area (Å²) in [5.41, 5.74) is 0.791. The summed E-state index contributed by atoms with van der Waals surface area (Å²) in [4.78, 5) is 25.7. The molecule has 1 saturated heterocycles. The lowest BCUT2D eigenvalue weighted by atomic mass is 9.94. The molecule has 2 aliphatic heterocycles. The van der Waals surface area contributed by atoms with Crippen LogP contribution in [-0.4, -0.2) is 48.2 Å². The van der Waals surface area contributed by atoms with Crippen LogP contribution in [0.4, 0.5) is 11.8 Å². The Balaban J connectivity index is 1.68. The number of hydrogen-bond donors (Lipinski definition) is 0. The topological polar surface area (TPSA) is 58.6 Å². The average molecular weight is 337 g/mol. The van der Waals surface area contributed by atoms with Crippen molar-refractivity contribution in [3.05, 3.63) is 10.7 Å². The van der Waals surface area contributed by atoms with Crippen LogP contribution in [0.5, 0.6) is 0 Å². The summed E-state index contributed by atoms with van der Waals surface area (Å²) in [6.45, 7) is 2.85. The van der Waals surface area contributed by atoms with Gasteiger partial charge in [-0.05, 0) is 12.8 Å². The lowest BCUT2D eigenvalue weighted by Gasteiger charge is -2.32. The van der Waals surface area contributed by atoms with Crippen molar-refractivity contribution >= 4 is 29.3 Å². The Morgan fingerprint density at radius 1 is 1.09 bits per heavy atom. The quantitative estimate of drug-likeness (QED) is 0.775. The van der Waals surface area contributed by atoms with Crippen LogP contribution in [0.1, 0.15) is 37.7 Å². The van der Waals surface area contributed by atoms with Gasteiger partial charge in [0, 0.05) is 24.7 Å². The molecule has 1 amide bonds. The van der Waals surface area contributed by atoms with E-state index in [0.29, 0.717) is 30.7 Å². The van der Waals surface area contributed by atoms with Crippen molar-refractivity contribution < 1.29 is 9.53 Å². The third kappa shape index (κ3) is 2.78. The van der Waals surface area contributed by atoms with Crippen molar-refractivity contribution in [3.63, 3.8) is 0 Å². The van der Waals surface area contributed by atoms with E-state index in [4.69, 9.17) is 21.3 Å². The maximum atomic E-state index is 12.5. The maximum absolute atomic E-state index is 12.5. The highest BCUT2D eigenvalue weighted by Crippen LogP contribution is 2.37. The van der Waals surface area contributed by atoms with Gasteiger partial charge >= 0.3 is 0 Å². The van der Waals surface area contributed by atoms with Gasteiger partial charge in [0.2, 0.25) is 11.9 Å². The Hall–Kier alpha value is -1.40. The van der Waals surface area contributed by atoms with Gasteiger partial charge in [-0.3, -0.25) is 9.69 Å². The molecule has 23 heavy (non-hydrogen) atoms. The molecule has 0 spiro atoms. The summed E-state index contributed by atoms with van der Waals surface area (Å²) >= 11 is 6.38. The molecular formula is C16H21ClN4O2. The Labute approximate surface area is 140 Å². The number of morpholine rings is 1. The van der Waals surface area contributed by atoms with Gasteiger partial charge in [0.15, 0.2) is 0 Å². The van der Waals surface area contributed by atoms with Crippen LogP contribution in [0.3, 0.4) is 0 Å². The molecule has 2 fully saturated rings. The van der Waals surface area contributed by atoms with Crippen LogP contribution in [0.25, 0.3) is 0 Å². The van der Waals surface area contributed by atoms with Crippen LogP contribution in [0.2, 0.25) is 5.15 Å². The smallest absolute Gasteiger partial charge is 0.233 e. The van der Waals surface area contributed by atoms with Crippen molar-refractivity contribution in [1.82, 2.24) is 9.97 Å². The summed E-state index contributed by atoms with van der Waals surface area (Å²) in [6, 6.07) is 0.265. The molecular weight excluding hydrogens is 316 g/mol. The normalized spacial score (nSPS) is 22.6. The molecule has 1 aromatic heterocycles. The van der Waals surface area contributed by atoms with Gasteiger partial charge in [-0.15, -0.1) is 0 Å². The molecule has 0 N–H and O–H groups in total. The number of carbonyl (C=O) groups excluding carboxylic acids is 1. The summed E-state index contributed by atoms with van der Waals surface area (Å²) in [5.74, 6) is 1.47. The lowest BCUT2D eigenvalue weighted by molar-refractivity contribution is -0.118. The molecule has 3 heterocycles. The Morgan fingerprint density at radius 3 is 2.57 bits per heavy atom. The predicted octanol–water partition coefficient (Wildman–Crippen LogP) is 2.19. The fourth-order valence-corrected chi connectivity index (χ4v) is 3.99. The molecule has 0 radical (unpaired) electrons. The van der Waals surface area contributed by atoms with Gasteiger partial charge in [-0.2, -0.15) is 4.98 Å². The number of amides is 1. The average Bonchev–Trinajstić information content (AvgIpc) is 2.93. The molecule has 1 saturated carbocycles. The number of fused-ring (bicyclic) bond motifs is 1. The second kappa shape index (κ2) is 6.24. The molecule has 0 aromatic carbocycles. The van der Waals surface area contributed by atoms with E-state index >= 15 is 0 Å². The van der Waals surface area contributed by atoms with Gasteiger partial charge in [0.1, 0.15) is 11.0 Å². The van der Waals surface area contributed by atoms with E-state index in [2.05, 4.69) is 9.88 Å². The molecule has 6 nitrogen and oxygen atoms in total. The van der Waals surface area contributed by atoms with E-state index in [9.17, 15) is 4.79 Å². The third-order valence-electron chi connectivity index (χ3n) is 4.98. The van der Waals surface area contributed by atoms with E-state index in [1.165, 1.54) is 19.3 Å². The fraction of sp³-hybridized carbons (Fsp3) is 0.688. The molecule has 1 aliphatic carbocycles. The first-order chi connectivity index (χ1) is 11.2. The Bertz CT molecular complexity index is 612. The van der Waals surface area contributed by atoms with Crippen LogP contribution >= 0.6 is 11.6 Å². The highest BCUT2D eigenvalue weighted by Gasteiger charge is 2.37. The van der Waals surface area contributed by atoms with E-state index in [0.717, 1.165) is 37.3 Å². The third-order valence-corrected chi connectivity index (χ3v) is 5.29. The van der Waals surface area contributed by atoms with Gasteiger partial charge in [-0.25, -0.2) is 4.98 Å². The minimum atomic E-state index is 0.113. The first-order valence-electron chi connectivity index (χ1n) is 8.45. The van der Waals surface area contributed by atoms with Crippen LogP contribution in [0.15, 0.2) is 0 Å². The number of hydrogen-bond acceptors (Lipinski definition) is 5. The van der Waals surface area contributed by atoms with Crippen molar-refractivity contribution in [3.8, 4) is 0 Å². The Morgan fingerprint density at radius 2 is 1.83 bits per heavy atom. The van der Waals surface area contributed by atoms with E-state index < -0.39 is 0 Å². The number of carbonyl (C=O) groups is 1. The molecule has 0 bridgehead atoms. The number of halogens is 1. The van der Waals surface area contributed by atoms with Gasteiger partial charge in [-0.1, -0.05) is 30.9 Å². The first kappa shape index (κ1) is 15.1. The molecule has 1 aromatic rings. The highest BCUT2D eigenvalue weighted by molar-refractivity contribution is 6.31. The highest BCUT2D eigenvalue weighted by atomic mass is 35.5. The van der Waals surface area contributed by atoms with E-state index in [-0.39, 0.29) is 11.9 Å². The molecule has 3 aliphatic rings. The van der Waals surface area contributed by atoms with Crippen LogP contribution in [-0.2, 0) is 16.0 Å². The van der Waals surface area contributed by atoms with Crippen molar-refractivity contribution in [2.75, 3.05) is 36.1 Å². The molecule has 4 rings (SSSR count). The second-order valence-corrected chi connectivity index (χ2v) is 6.81. The first-order valence-corrected chi connectivity index (χ1v) is 8.83. The SMILES string of the molecule is O=C1Cc2c(Cl)nc(N3CCOCC3)nc2N1C1CCCCC1. The van der Waals surface area contributed by atoms with Gasteiger partial charge in [0.05, 0.1) is 19.6 Å². The summed E-state index contributed by atoms with van der Waals surface area (Å²) < 4.78 is 5.38. The summed E-state index contributed by atoms with van der Waals surface area (Å²) in [7, 11) is 0. The zero-order valence-corrected chi connectivity index (χ0v) is 13.9. The number of anilines is 2. The molecule has 0 unspecified atom stereocenters. The van der Waals surface area contributed by atoms with Gasteiger partial charge < -0.3 is 9.64 Å². The van der Waals surface area contributed by atoms with Crippen LogP contribution < -0.4 is 9.80 Å². The van der Waals surface area contributed by atoms with E-state index in [1.54, 1.807) is 0 Å². The van der Waals surface area contributed by atoms with Crippen molar-refractivity contribution in [2.45, 2.75) is 44.6 Å². The second-order valence-electron chi connectivity index (χ2n) is 6.45. The number of ether oxygens (including phenoxy) is 1. The fourth-order valence-electron chi connectivity index (χ4n) is 3.76. The Kier molecular flexibility index (Phi) is 4.11.